The number of rotatable bonds is 10. The predicted octanol–water partition coefficient (Wildman–Crippen LogP) is 5.31. The molecule has 0 spiro atoms. The maximum Gasteiger partial charge on any atom is 0.357 e. The van der Waals surface area contributed by atoms with Gasteiger partial charge in [-0.1, -0.05) is 22.9 Å². The van der Waals surface area contributed by atoms with Crippen molar-refractivity contribution in [2.24, 2.45) is 0 Å². The van der Waals surface area contributed by atoms with E-state index in [0.717, 1.165) is 16.9 Å². The Morgan fingerprint density at radius 3 is 2.49 bits per heavy atom. The van der Waals surface area contributed by atoms with Crippen LogP contribution in [-0.2, 0) is 4.74 Å². The monoisotopic (exact) mass is 544 g/mol. The summed E-state index contributed by atoms with van der Waals surface area (Å²) >= 11 is 6.75. The number of amides is 1. The summed E-state index contributed by atoms with van der Waals surface area (Å²) in [5, 5.41) is 19.6. The van der Waals surface area contributed by atoms with Crippen LogP contribution in [0, 0.1) is 6.92 Å². The Morgan fingerprint density at radius 1 is 1.14 bits per heavy atom. The average Bonchev–Trinajstić information content (AvgIpc) is 3.44. The number of anilines is 1. The highest BCUT2D eigenvalue weighted by molar-refractivity contribution is 7.20. The van der Waals surface area contributed by atoms with Gasteiger partial charge in [0, 0.05) is 31.2 Å². The minimum Gasteiger partial charge on any atom is -0.488 e. The largest absolute Gasteiger partial charge is 0.488 e. The number of carbonyl (C=O) groups is 2. The highest BCUT2D eigenvalue weighted by Crippen LogP contribution is 2.32. The van der Waals surface area contributed by atoms with Crippen molar-refractivity contribution in [3.63, 3.8) is 0 Å². The first kappa shape index (κ1) is 26.1. The number of aromatic nitrogens is 3. The van der Waals surface area contributed by atoms with E-state index in [9.17, 15) is 9.59 Å². The molecule has 4 aromatic rings. The van der Waals surface area contributed by atoms with Crippen molar-refractivity contribution in [3.8, 4) is 28.7 Å². The van der Waals surface area contributed by atoms with Gasteiger partial charge in [0.25, 0.3) is 5.91 Å². The second-order valence-corrected chi connectivity index (χ2v) is 9.33. The number of halogens is 1. The van der Waals surface area contributed by atoms with Crippen molar-refractivity contribution in [3.05, 3.63) is 63.9 Å². The van der Waals surface area contributed by atoms with Crippen LogP contribution in [-0.4, -0.2) is 52.0 Å². The molecule has 37 heavy (non-hydrogen) atoms. The molecule has 0 aliphatic heterocycles. The molecule has 1 unspecified atom stereocenters. The van der Waals surface area contributed by atoms with Gasteiger partial charge >= 0.3 is 5.97 Å². The van der Waals surface area contributed by atoms with Crippen LogP contribution in [0.25, 0.3) is 11.5 Å². The van der Waals surface area contributed by atoms with Crippen LogP contribution in [0.1, 0.15) is 33.7 Å². The van der Waals surface area contributed by atoms with Gasteiger partial charge < -0.3 is 23.7 Å². The highest BCUT2D eigenvalue weighted by Gasteiger charge is 2.19. The predicted molar refractivity (Wildman–Crippen MR) is 135 cm³/mol. The first-order chi connectivity index (χ1) is 17.7. The van der Waals surface area contributed by atoms with Crippen LogP contribution in [0.15, 0.2) is 46.9 Å². The number of hydrogen-bond acceptors (Lipinski definition) is 10. The lowest BCUT2D eigenvalue weighted by molar-refractivity contribution is 0.0691. The molecule has 2 heterocycles. The quantitative estimate of drug-likeness (QED) is 0.269. The Balaban J connectivity index is 1.58. The summed E-state index contributed by atoms with van der Waals surface area (Å²) in [7, 11) is 1.56. The second-order valence-electron chi connectivity index (χ2n) is 7.73. The van der Waals surface area contributed by atoms with E-state index >= 15 is 0 Å². The van der Waals surface area contributed by atoms with E-state index in [2.05, 4.69) is 20.5 Å². The normalized spacial score (nSPS) is 11.7. The van der Waals surface area contributed by atoms with Crippen molar-refractivity contribution >= 4 is 39.9 Å². The van der Waals surface area contributed by atoms with Gasteiger partial charge in [-0.2, -0.15) is 0 Å². The van der Waals surface area contributed by atoms with Gasteiger partial charge in [0.05, 0.1) is 6.61 Å². The number of carboxylic acids is 1. The fourth-order valence-corrected chi connectivity index (χ4v) is 4.22. The number of ether oxygens (including phenoxy) is 3. The third-order valence-electron chi connectivity index (χ3n) is 4.75. The molecular weight excluding hydrogens is 524 g/mol. The van der Waals surface area contributed by atoms with E-state index < -0.39 is 11.9 Å². The molecule has 0 aliphatic rings. The standard InChI is InChI=1S/C24H21ClN4O7S/c1-12(11-33-3)34-17-8-15(21(30)27-24-26-19(23(31)32)20(25)37-24)9-18(10-17)36-16-6-4-14(5-7-16)22-29-28-13(2)35-22/h4-10,12H,11H2,1-3H3,(H,31,32)(H,26,27,30). The first-order valence-electron chi connectivity index (χ1n) is 10.8. The molecule has 2 aromatic carbocycles. The average molecular weight is 545 g/mol. The fourth-order valence-electron chi connectivity index (χ4n) is 3.20. The number of methoxy groups -OCH3 is 1. The zero-order valence-electron chi connectivity index (χ0n) is 19.9. The summed E-state index contributed by atoms with van der Waals surface area (Å²) < 4.78 is 22.4. The van der Waals surface area contributed by atoms with Gasteiger partial charge in [-0.15, -0.1) is 10.2 Å². The SMILES string of the molecule is COCC(C)Oc1cc(Oc2ccc(-c3nnc(C)o3)cc2)cc(C(=O)Nc2nc(C(=O)O)c(Cl)s2)c1. The number of nitrogens with one attached hydrogen (secondary N) is 1. The number of benzene rings is 2. The zero-order chi connectivity index (χ0) is 26.5. The zero-order valence-corrected chi connectivity index (χ0v) is 21.4. The van der Waals surface area contributed by atoms with Crippen LogP contribution in [0.5, 0.6) is 17.2 Å². The highest BCUT2D eigenvalue weighted by atomic mass is 35.5. The van der Waals surface area contributed by atoms with E-state index in [4.69, 9.17) is 35.3 Å². The Bertz CT molecular complexity index is 1420. The maximum absolute atomic E-state index is 13.0. The molecule has 0 fully saturated rings. The topological polar surface area (TPSA) is 146 Å². The van der Waals surface area contributed by atoms with E-state index in [1.165, 1.54) is 12.1 Å². The molecule has 4 rings (SSSR count). The molecule has 0 saturated heterocycles. The summed E-state index contributed by atoms with van der Waals surface area (Å²) in [6.45, 7) is 3.86. The molecule has 13 heteroatoms. The molecular formula is C24H21ClN4O7S. The molecule has 0 bridgehead atoms. The summed E-state index contributed by atoms with van der Waals surface area (Å²) in [5.74, 6) is 0.190. The number of hydrogen-bond donors (Lipinski definition) is 2. The van der Waals surface area contributed by atoms with Crippen LogP contribution in [0.2, 0.25) is 4.34 Å². The van der Waals surface area contributed by atoms with Crippen LogP contribution in [0.4, 0.5) is 5.13 Å². The Kier molecular flexibility index (Phi) is 8.01. The summed E-state index contributed by atoms with van der Waals surface area (Å²) in [6, 6.07) is 11.7. The fraction of sp³-hybridized carbons (Fsp3) is 0.208. The Hall–Kier alpha value is -4.00. The van der Waals surface area contributed by atoms with Crippen molar-refractivity contribution in [1.82, 2.24) is 15.2 Å². The molecule has 11 nitrogen and oxygen atoms in total. The van der Waals surface area contributed by atoms with Gasteiger partial charge in [-0.25, -0.2) is 9.78 Å². The number of aromatic carboxylic acids is 1. The lowest BCUT2D eigenvalue weighted by Crippen LogP contribution is -2.18. The maximum atomic E-state index is 13.0. The van der Waals surface area contributed by atoms with Crippen molar-refractivity contribution in [2.45, 2.75) is 20.0 Å². The van der Waals surface area contributed by atoms with Gasteiger partial charge in [0.15, 0.2) is 10.8 Å². The molecule has 192 valence electrons. The van der Waals surface area contributed by atoms with E-state index in [1.807, 2.05) is 6.92 Å². The van der Waals surface area contributed by atoms with Crippen LogP contribution >= 0.6 is 22.9 Å². The van der Waals surface area contributed by atoms with Gasteiger partial charge in [-0.05, 0) is 43.3 Å². The van der Waals surface area contributed by atoms with E-state index in [-0.39, 0.29) is 26.8 Å². The molecule has 1 amide bonds. The smallest absolute Gasteiger partial charge is 0.357 e. The first-order valence-corrected chi connectivity index (χ1v) is 12.0. The Morgan fingerprint density at radius 2 is 1.86 bits per heavy atom. The molecule has 2 aromatic heterocycles. The number of thiazole rings is 1. The van der Waals surface area contributed by atoms with E-state index in [1.54, 1.807) is 44.4 Å². The lowest BCUT2D eigenvalue weighted by atomic mass is 10.1. The molecule has 0 aliphatic carbocycles. The number of carbonyl (C=O) groups excluding carboxylic acids is 1. The third kappa shape index (κ3) is 6.61. The summed E-state index contributed by atoms with van der Waals surface area (Å²) in [5.41, 5.74) is 0.579. The van der Waals surface area contributed by atoms with Crippen molar-refractivity contribution in [2.75, 3.05) is 19.0 Å². The molecule has 2 N–H and O–H groups in total. The summed E-state index contributed by atoms with van der Waals surface area (Å²) in [6.07, 6.45) is -0.302. The minimum absolute atomic E-state index is 0.0424. The van der Waals surface area contributed by atoms with Gasteiger partial charge in [0.2, 0.25) is 11.8 Å². The van der Waals surface area contributed by atoms with Gasteiger partial charge in [0.1, 0.15) is 27.7 Å². The third-order valence-corrected chi connectivity index (χ3v) is 5.92. The number of aryl methyl sites for hydroxylation is 1. The van der Waals surface area contributed by atoms with Gasteiger partial charge in [-0.3, -0.25) is 10.1 Å². The van der Waals surface area contributed by atoms with Crippen LogP contribution in [0.3, 0.4) is 0 Å². The van der Waals surface area contributed by atoms with Crippen LogP contribution < -0.4 is 14.8 Å². The van der Waals surface area contributed by atoms with Crippen molar-refractivity contribution in [1.29, 1.82) is 0 Å². The number of carboxylic acid groups (broad SMARTS) is 1. The molecule has 0 radical (unpaired) electrons. The van der Waals surface area contributed by atoms with Crippen molar-refractivity contribution < 1.29 is 33.3 Å². The molecule has 1 atom stereocenters. The number of nitrogens with zero attached hydrogens (tertiary/aromatic N) is 3. The Labute approximate surface area is 220 Å². The van der Waals surface area contributed by atoms with E-state index in [0.29, 0.717) is 35.6 Å². The lowest BCUT2D eigenvalue weighted by Gasteiger charge is -2.16. The second kappa shape index (κ2) is 11.4. The molecule has 0 saturated carbocycles. The minimum atomic E-state index is -1.29. The summed E-state index contributed by atoms with van der Waals surface area (Å²) in [4.78, 5) is 28.0.